The number of aromatic nitrogens is 4. The average molecular weight is 365 g/mol. The minimum absolute atomic E-state index is 0.128. The summed E-state index contributed by atoms with van der Waals surface area (Å²) < 4.78 is 7.85. The third kappa shape index (κ3) is 4.14. The van der Waals surface area contributed by atoms with Gasteiger partial charge in [-0.25, -0.2) is 14.6 Å². The number of carbonyl (C=O) groups is 1. The highest BCUT2D eigenvalue weighted by Crippen LogP contribution is 2.12. The van der Waals surface area contributed by atoms with E-state index < -0.39 is 22.9 Å². The molecule has 0 saturated heterocycles. The van der Waals surface area contributed by atoms with Crippen LogP contribution in [0.3, 0.4) is 0 Å². The summed E-state index contributed by atoms with van der Waals surface area (Å²) in [7, 11) is 3.02. The molecule has 0 unspecified atom stereocenters. The molecule has 0 aliphatic rings. The van der Waals surface area contributed by atoms with E-state index in [0.717, 1.165) is 4.57 Å². The summed E-state index contributed by atoms with van der Waals surface area (Å²) in [5.41, 5.74) is -0.898. The molecule has 0 spiro atoms. The minimum atomic E-state index is -0.604. The van der Waals surface area contributed by atoms with Crippen LogP contribution in [0.25, 0.3) is 11.2 Å². The van der Waals surface area contributed by atoms with Gasteiger partial charge in [-0.05, 0) is 26.7 Å². The van der Waals surface area contributed by atoms with E-state index in [-0.39, 0.29) is 18.0 Å². The van der Waals surface area contributed by atoms with Crippen LogP contribution in [-0.4, -0.2) is 42.7 Å². The number of nitrogens with zero attached hydrogens (tertiary/aromatic N) is 4. The van der Waals surface area contributed by atoms with Crippen LogP contribution in [0.5, 0.6) is 0 Å². The van der Waals surface area contributed by atoms with Crippen LogP contribution in [0.15, 0.2) is 9.59 Å². The van der Waals surface area contributed by atoms with Gasteiger partial charge in [-0.15, -0.1) is 0 Å². The highest BCUT2D eigenvalue weighted by Gasteiger charge is 2.22. The van der Waals surface area contributed by atoms with Gasteiger partial charge in [0.25, 0.3) is 5.56 Å². The van der Waals surface area contributed by atoms with Crippen LogP contribution in [0.4, 0.5) is 4.79 Å². The molecule has 9 heteroatoms. The lowest BCUT2D eigenvalue weighted by molar-refractivity contribution is 0.0281. The molecule has 2 aromatic rings. The summed E-state index contributed by atoms with van der Waals surface area (Å²) in [4.78, 5) is 45.6. The number of carbonyl (C=O) groups excluding carboxylic acids is 1. The number of H-pyrrole nitrogens is 1. The summed E-state index contributed by atoms with van der Waals surface area (Å²) in [6.07, 6.45) is -0.495. The Hall–Kier alpha value is -2.58. The SMILES string of the molecule is CC(C)Cn1c(=O)n(C)c(=O)c2[nH]c(CN(C)C(=O)OC(C)(C)C)nc21. The molecule has 2 heterocycles. The van der Waals surface area contributed by atoms with E-state index in [9.17, 15) is 14.4 Å². The molecule has 2 aromatic heterocycles. The number of hydrogen-bond donors (Lipinski definition) is 1. The fraction of sp³-hybridized carbons (Fsp3) is 0.647. The summed E-state index contributed by atoms with van der Waals surface area (Å²) in [5, 5.41) is 0. The van der Waals surface area contributed by atoms with Gasteiger partial charge in [0.05, 0.1) is 6.54 Å². The van der Waals surface area contributed by atoms with Gasteiger partial charge in [0.15, 0.2) is 5.65 Å². The van der Waals surface area contributed by atoms with Gasteiger partial charge in [-0.1, -0.05) is 13.8 Å². The van der Waals surface area contributed by atoms with Crippen molar-refractivity contribution in [1.82, 2.24) is 24.0 Å². The molecule has 0 aromatic carbocycles. The van der Waals surface area contributed by atoms with Crippen LogP contribution < -0.4 is 11.2 Å². The molecule has 0 atom stereocenters. The zero-order chi connectivity index (χ0) is 19.8. The Morgan fingerprint density at radius 2 is 1.92 bits per heavy atom. The van der Waals surface area contributed by atoms with Crippen LogP contribution in [0.2, 0.25) is 0 Å². The summed E-state index contributed by atoms with van der Waals surface area (Å²) in [5.74, 6) is 0.617. The van der Waals surface area contributed by atoms with Crippen molar-refractivity contribution in [2.45, 2.75) is 53.3 Å². The lowest BCUT2D eigenvalue weighted by atomic mass is 10.2. The molecular formula is C17H27N5O4. The van der Waals surface area contributed by atoms with Gasteiger partial charge in [-0.2, -0.15) is 0 Å². The van der Waals surface area contributed by atoms with E-state index in [0.29, 0.717) is 18.0 Å². The first-order valence-electron chi connectivity index (χ1n) is 8.53. The lowest BCUT2D eigenvalue weighted by Gasteiger charge is -2.24. The molecule has 9 nitrogen and oxygen atoms in total. The number of ether oxygens (including phenoxy) is 1. The normalized spacial score (nSPS) is 12.0. The Bertz CT molecular complexity index is 929. The quantitative estimate of drug-likeness (QED) is 0.883. The highest BCUT2D eigenvalue weighted by atomic mass is 16.6. The standard InChI is InChI=1S/C17H27N5O4/c1-10(2)8-22-13-12(14(23)21(7)15(22)24)18-11(19-13)9-20(6)16(25)26-17(3,4)5/h10H,8-9H2,1-7H3,(H,18,19). The second-order valence-corrected chi connectivity index (χ2v) is 7.87. The molecule has 1 amide bonds. The molecule has 0 saturated carbocycles. The highest BCUT2D eigenvalue weighted by molar-refractivity contribution is 5.70. The van der Waals surface area contributed by atoms with Crippen LogP contribution in [0, 0.1) is 5.92 Å². The third-order valence-electron chi connectivity index (χ3n) is 3.67. The van der Waals surface area contributed by atoms with Gasteiger partial charge in [-0.3, -0.25) is 13.9 Å². The van der Waals surface area contributed by atoms with Crippen LogP contribution in [-0.2, 0) is 24.9 Å². The maximum Gasteiger partial charge on any atom is 0.410 e. The Balaban J connectivity index is 2.42. The molecule has 1 N–H and O–H groups in total. The molecule has 2 rings (SSSR count). The molecular weight excluding hydrogens is 338 g/mol. The van der Waals surface area contributed by atoms with Crippen molar-refractivity contribution in [2.75, 3.05) is 7.05 Å². The van der Waals surface area contributed by atoms with E-state index in [4.69, 9.17) is 4.74 Å². The van der Waals surface area contributed by atoms with E-state index in [1.54, 1.807) is 27.8 Å². The minimum Gasteiger partial charge on any atom is -0.444 e. The van der Waals surface area contributed by atoms with Crippen molar-refractivity contribution in [3.8, 4) is 0 Å². The second kappa shape index (κ2) is 6.97. The smallest absolute Gasteiger partial charge is 0.410 e. The van der Waals surface area contributed by atoms with Gasteiger partial charge in [0, 0.05) is 20.6 Å². The molecule has 144 valence electrons. The Kier molecular flexibility index (Phi) is 5.29. The maximum atomic E-state index is 12.4. The predicted molar refractivity (Wildman–Crippen MR) is 98.1 cm³/mol. The number of amides is 1. The average Bonchev–Trinajstić information content (AvgIpc) is 2.91. The molecule has 26 heavy (non-hydrogen) atoms. The summed E-state index contributed by atoms with van der Waals surface area (Å²) in [6, 6.07) is 0. The van der Waals surface area contributed by atoms with E-state index in [2.05, 4.69) is 9.97 Å². The van der Waals surface area contributed by atoms with E-state index >= 15 is 0 Å². The topological polar surface area (TPSA) is 102 Å². The number of fused-ring (bicyclic) bond motifs is 1. The fourth-order valence-electron chi connectivity index (χ4n) is 2.52. The van der Waals surface area contributed by atoms with Crippen molar-refractivity contribution >= 4 is 17.3 Å². The monoisotopic (exact) mass is 365 g/mol. The summed E-state index contributed by atoms with van der Waals surface area (Å²) >= 11 is 0. The van der Waals surface area contributed by atoms with Crippen molar-refractivity contribution < 1.29 is 9.53 Å². The lowest BCUT2D eigenvalue weighted by Crippen LogP contribution is -2.38. The Morgan fingerprint density at radius 3 is 2.46 bits per heavy atom. The fourth-order valence-corrected chi connectivity index (χ4v) is 2.52. The Labute approximate surface area is 151 Å². The first-order chi connectivity index (χ1) is 11.9. The van der Waals surface area contributed by atoms with Crippen molar-refractivity contribution in [1.29, 1.82) is 0 Å². The molecule has 0 aliphatic carbocycles. The molecule has 0 radical (unpaired) electrons. The predicted octanol–water partition coefficient (Wildman–Crippen LogP) is 1.45. The van der Waals surface area contributed by atoms with Gasteiger partial charge in [0.2, 0.25) is 0 Å². The zero-order valence-corrected chi connectivity index (χ0v) is 16.4. The largest absolute Gasteiger partial charge is 0.444 e. The van der Waals surface area contributed by atoms with Crippen LogP contribution >= 0.6 is 0 Å². The number of aromatic amines is 1. The summed E-state index contributed by atoms with van der Waals surface area (Å²) in [6.45, 7) is 9.88. The first kappa shape index (κ1) is 19.7. The van der Waals surface area contributed by atoms with Gasteiger partial charge >= 0.3 is 11.8 Å². The Morgan fingerprint density at radius 1 is 1.31 bits per heavy atom. The van der Waals surface area contributed by atoms with Crippen molar-refractivity contribution in [2.24, 2.45) is 13.0 Å². The van der Waals surface area contributed by atoms with Crippen LogP contribution in [0.1, 0.15) is 40.4 Å². The number of nitrogens with one attached hydrogen (secondary N) is 1. The molecule has 0 fully saturated rings. The van der Waals surface area contributed by atoms with E-state index in [1.165, 1.54) is 16.5 Å². The van der Waals surface area contributed by atoms with Crippen molar-refractivity contribution in [3.63, 3.8) is 0 Å². The number of hydrogen-bond acceptors (Lipinski definition) is 5. The first-order valence-corrected chi connectivity index (χ1v) is 8.53. The number of rotatable bonds is 4. The molecule has 0 bridgehead atoms. The second-order valence-electron chi connectivity index (χ2n) is 7.87. The van der Waals surface area contributed by atoms with E-state index in [1.807, 2.05) is 13.8 Å². The maximum absolute atomic E-state index is 12.4. The number of imidazole rings is 1. The van der Waals surface area contributed by atoms with Gasteiger partial charge < -0.3 is 14.6 Å². The third-order valence-corrected chi connectivity index (χ3v) is 3.67. The molecule has 0 aliphatic heterocycles. The van der Waals surface area contributed by atoms with Crippen molar-refractivity contribution in [3.05, 3.63) is 26.7 Å². The van der Waals surface area contributed by atoms with Gasteiger partial charge in [0.1, 0.15) is 16.9 Å². The zero-order valence-electron chi connectivity index (χ0n) is 16.4.